The van der Waals surface area contributed by atoms with E-state index in [0.717, 1.165) is 6.54 Å². The molecule has 0 heterocycles. The first-order valence-corrected chi connectivity index (χ1v) is 7.95. The Morgan fingerprint density at radius 1 is 1.11 bits per heavy atom. The van der Waals surface area contributed by atoms with E-state index in [1.165, 1.54) is 49.8 Å². The van der Waals surface area contributed by atoms with Crippen molar-refractivity contribution in [2.24, 2.45) is 5.41 Å². The van der Waals surface area contributed by atoms with Gasteiger partial charge >= 0.3 is 0 Å². The second-order valence-electron chi connectivity index (χ2n) is 6.56. The van der Waals surface area contributed by atoms with Crippen LogP contribution in [0.1, 0.15) is 69.9 Å². The Bertz CT molecular complexity index is 371. The molecule has 1 aliphatic carbocycles. The zero-order valence-corrected chi connectivity index (χ0v) is 12.8. The van der Waals surface area contributed by atoms with Crippen LogP contribution in [0.15, 0.2) is 24.3 Å². The van der Waals surface area contributed by atoms with E-state index in [-0.39, 0.29) is 0 Å². The minimum atomic E-state index is 0.595. The molecule has 1 fully saturated rings. The van der Waals surface area contributed by atoms with E-state index in [0.29, 0.717) is 11.3 Å². The zero-order chi connectivity index (χ0) is 13.7. The summed E-state index contributed by atoms with van der Waals surface area (Å²) in [4.78, 5) is 0. The molecule has 0 radical (unpaired) electrons. The lowest BCUT2D eigenvalue weighted by Gasteiger charge is -2.27. The molecule has 0 amide bonds. The first kappa shape index (κ1) is 14.6. The summed E-state index contributed by atoms with van der Waals surface area (Å²) in [5.74, 6) is 0.629. The van der Waals surface area contributed by atoms with Crippen molar-refractivity contribution in [2.75, 3.05) is 6.54 Å². The molecular formula is C18H29N. The quantitative estimate of drug-likeness (QED) is 0.768. The van der Waals surface area contributed by atoms with Crippen LogP contribution in [0, 0.1) is 5.41 Å². The van der Waals surface area contributed by atoms with E-state index in [9.17, 15) is 0 Å². The third kappa shape index (κ3) is 3.82. The molecule has 1 heteroatoms. The molecule has 0 bridgehead atoms. The van der Waals surface area contributed by atoms with Gasteiger partial charge in [0.25, 0.3) is 0 Å². The summed E-state index contributed by atoms with van der Waals surface area (Å²) in [6, 6.07) is 9.09. The van der Waals surface area contributed by atoms with E-state index in [2.05, 4.69) is 50.4 Å². The van der Waals surface area contributed by atoms with Crippen LogP contribution in [0.5, 0.6) is 0 Å². The Labute approximate surface area is 118 Å². The second kappa shape index (κ2) is 6.56. The van der Waals surface area contributed by atoms with Gasteiger partial charge in [0.15, 0.2) is 0 Å². The minimum absolute atomic E-state index is 0.595. The van der Waals surface area contributed by atoms with Crippen molar-refractivity contribution in [1.82, 2.24) is 5.32 Å². The number of rotatable bonds is 6. The van der Waals surface area contributed by atoms with Gasteiger partial charge < -0.3 is 5.32 Å². The average Bonchev–Trinajstić information content (AvgIpc) is 2.89. The molecule has 0 aliphatic heterocycles. The van der Waals surface area contributed by atoms with Gasteiger partial charge in [-0.05, 0) is 41.7 Å². The molecular weight excluding hydrogens is 230 g/mol. The normalized spacial score (nSPS) is 18.1. The van der Waals surface area contributed by atoms with Crippen LogP contribution in [0.25, 0.3) is 0 Å². The third-order valence-corrected chi connectivity index (χ3v) is 4.89. The Morgan fingerprint density at radius 3 is 2.26 bits per heavy atom. The van der Waals surface area contributed by atoms with E-state index >= 15 is 0 Å². The zero-order valence-electron chi connectivity index (χ0n) is 12.8. The highest BCUT2D eigenvalue weighted by Crippen LogP contribution is 2.40. The standard InChI is InChI=1S/C18H29N/c1-4-18(11-5-6-12-18)14-19-13-16-7-9-17(10-8-16)15(2)3/h7-10,15,19H,4-6,11-14H2,1-3H3. The maximum absolute atomic E-state index is 3.68. The van der Waals surface area contributed by atoms with Crippen molar-refractivity contribution in [3.8, 4) is 0 Å². The van der Waals surface area contributed by atoms with Crippen LogP contribution in [0.2, 0.25) is 0 Å². The highest BCUT2D eigenvalue weighted by molar-refractivity contribution is 5.24. The van der Waals surface area contributed by atoms with Crippen molar-refractivity contribution < 1.29 is 0 Å². The molecule has 2 rings (SSSR count). The molecule has 19 heavy (non-hydrogen) atoms. The van der Waals surface area contributed by atoms with Crippen LogP contribution in [0.4, 0.5) is 0 Å². The Kier molecular flexibility index (Phi) is 5.04. The van der Waals surface area contributed by atoms with Gasteiger partial charge in [-0.25, -0.2) is 0 Å². The fraction of sp³-hybridized carbons (Fsp3) is 0.667. The van der Waals surface area contributed by atoms with Gasteiger partial charge in [-0.3, -0.25) is 0 Å². The Balaban J connectivity index is 1.82. The van der Waals surface area contributed by atoms with Gasteiger partial charge in [0.2, 0.25) is 0 Å². The van der Waals surface area contributed by atoms with Gasteiger partial charge in [0.05, 0.1) is 0 Å². The third-order valence-electron chi connectivity index (χ3n) is 4.89. The van der Waals surface area contributed by atoms with Crippen molar-refractivity contribution in [2.45, 2.75) is 65.3 Å². The molecule has 0 unspecified atom stereocenters. The first-order chi connectivity index (χ1) is 9.15. The molecule has 1 N–H and O–H groups in total. The van der Waals surface area contributed by atoms with Gasteiger partial charge in [0, 0.05) is 13.1 Å². The minimum Gasteiger partial charge on any atom is -0.312 e. The van der Waals surface area contributed by atoms with Crippen molar-refractivity contribution in [3.63, 3.8) is 0 Å². The molecule has 1 aromatic carbocycles. The summed E-state index contributed by atoms with van der Waals surface area (Å²) in [5, 5.41) is 3.68. The van der Waals surface area contributed by atoms with Gasteiger partial charge in [0.1, 0.15) is 0 Å². The summed E-state index contributed by atoms with van der Waals surface area (Å²) in [7, 11) is 0. The lowest BCUT2D eigenvalue weighted by atomic mass is 9.83. The van der Waals surface area contributed by atoms with Gasteiger partial charge in [-0.2, -0.15) is 0 Å². The largest absolute Gasteiger partial charge is 0.312 e. The summed E-state index contributed by atoms with van der Waals surface area (Å²) in [5.41, 5.74) is 3.44. The van der Waals surface area contributed by atoms with Crippen molar-refractivity contribution in [3.05, 3.63) is 35.4 Å². The number of nitrogens with one attached hydrogen (secondary N) is 1. The SMILES string of the molecule is CCC1(CNCc2ccc(C(C)C)cc2)CCCC1. The number of hydrogen-bond donors (Lipinski definition) is 1. The van der Waals surface area contributed by atoms with Crippen LogP contribution < -0.4 is 5.32 Å². The lowest BCUT2D eigenvalue weighted by Crippen LogP contribution is -2.31. The number of benzene rings is 1. The van der Waals surface area contributed by atoms with Crippen LogP contribution in [-0.4, -0.2) is 6.54 Å². The highest BCUT2D eigenvalue weighted by Gasteiger charge is 2.31. The first-order valence-electron chi connectivity index (χ1n) is 7.95. The topological polar surface area (TPSA) is 12.0 Å². The fourth-order valence-electron chi connectivity index (χ4n) is 3.27. The summed E-state index contributed by atoms with van der Waals surface area (Å²) < 4.78 is 0. The Hall–Kier alpha value is -0.820. The summed E-state index contributed by atoms with van der Waals surface area (Å²) in [6.45, 7) is 9.05. The van der Waals surface area contributed by atoms with Crippen LogP contribution >= 0.6 is 0 Å². The maximum atomic E-state index is 3.68. The maximum Gasteiger partial charge on any atom is 0.0205 e. The predicted molar refractivity (Wildman–Crippen MR) is 83.4 cm³/mol. The molecule has 1 nitrogen and oxygen atoms in total. The lowest BCUT2D eigenvalue weighted by molar-refractivity contribution is 0.268. The molecule has 0 saturated heterocycles. The number of hydrogen-bond acceptors (Lipinski definition) is 1. The van der Waals surface area contributed by atoms with Crippen LogP contribution in [-0.2, 0) is 6.54 Å². The van der Waals surface area contributed by atoms with Crippen molar-refractivity contribution in [1.29, 1.82) is 0 Å². The van der Waals surface area contributed by atoms with Crippen LogP contribution in [0.3, 0.4) is 0 Å². The van der Waals surface area contributed by atoms with Gasteiger partial charge in [-0.1, -0.05) is 57.9 Å². The molecule has 1 aliphatic rings. The Morgan fingerprint density at radius 2 is 1.74 bits per heavy atom. The summed E-state index contributed by atoms with van der Waals surface area (Å²) >= 11 is 0. The average molecular weight is 259 g/mol. The second-order valence-corrected chi connectivity index (χ2v) is 6.56. The monoisotopic (exact) mass is 259 g/mol. The fourth-order valence-corrected chi connectivity index (χ4v) is 3.27. The highest BCUT2D eigenvalue weighted by atomic mass is 14.9. The van der Waals surface area contributed by atoms with Crippen molar-refractivity contribution >= 4 is 0 Å². The molecule has 0 spiro atoms. The van der Waals surface area contributed by atoms with E-state index < -0.39 is 0 Å². The van der Waals surface area contributed by atoms with Gasteiger partial charge in [-0.15, -0.1) is 0 Å². The summed E-state index contributed by atoms with van der Waals surface area (Å²) in [6.07, 6.45) is 7.02. The van der Waals surface area contributed by atoms with E-state index in [1.54, 1.807) is 0 Å². The molecule has 1 saturated carbocycles. The van der Waals surface area contributed by atoms with E-state index in [1.807, 2.05) is 0 Å². The predicted octanol–water partition coefficient (Wildman–Crippen LogP) is 4.87. The molecule has 106 valence electrons. The molecule has 1 aromatic rings. The smallest absolute Gasteiger partial charge is 0.0205 e. The van der Waals surface area contributed by atoms with E-state index in [4.69, 9.17) is 0 Å². The molecule has 0 atom stereocenters. The molecule has 0 aromatic heterocycles.